The summed E-state index contributed by atoms with van der Waals surface area (Å²) in [5.74, 6) is 0.403. The number of nitrogens with zero attached hydrogens (tertiary/aromatic N) is 1. The molecule has 0 spiro atoms. The number of aromatic nitrogens is 1. The van der Waals surface area contributed by atoms with Gasteiger partial charge in [0.1, 0.15) is 5.69 Å². The average molecular weight is 225 g/mol. The maximum atomic E-state index is 12.0. The van der Waals surface area contributed by atoms with E-state index < -0.39 is 0 Å². The minimum Gasteiger partial charge on any atom is -0.473 e. The first-order valence-electron chi connectivity index (χ1n) is 5.35. The summed E-state index contributed by atoms with van der Waals surface area (Å²) in [4.78, 5) is 16.2. The van der Waals surface area contributed by atoms with Crippen molar-refractivity contribution in [3.05, 3.63) is 11.1 Å². The lowest BCUT2D eigenvalue weighted by Crippen LogP contribution is -2.18. The van der Waals surface area contributed by atoms with E-state index in [-0.39, 0.29) is 11.7 Å². The Morgan fingerprint density at radius 2 is 2.20 bits per heavy atom. The van der Waals surface area contributed by atoms with Crippen LogP contribution in [0.2, 0.25) is 0 Å². The van der Waals surface area contributed by atoms with Crippen molar-refractivity contribution in [2.75, 3.05) is 7.11 Å². The molecule has 1 aromatic rings. The van der Waals surface area contributed by atoms with Crippen LogP contribution in [0.1, 0.15) is 42.6 Å². The van der Waals surface area contributed by atoms with Crippen molar-refractivity contribution in [3.63, 3.8) is 0 Å². The molecule has 0 saturated heterocycles. The summed E-state index contributed by atoms with van der Waals surface area (Å²) < 4.78 is 4.99. The minimum absolute atomic E-state index is 0.200. The van der Waals surface area contributed by atoms with Crippen LogP contribution < -0.4 is 4.74 Å². The highest BCUT2D eigenvalue weighted by Crippen LogP contribution is 2.28. The van der Waals surface area contributed by atoms with Gasteiger partial charge < -0.3 is 4.74 Å². The fourth-order valence-corrected chi connectivity index (χ4v) is 2.67. The SMILES string of the molecule is COc1nc(C(=O)C2CCCCC2)cs1. The van der Waals surface area contributed by atoms with E-state index in [0.29, 0.717) is 10.9 Å². The van der Waals surface area contributed by atoms with Crippen LogP contribution in [0.5, 0.6) is 5.19 Å². The molecule has 1 aliphatic carbocycles. The lowest BCUT2D eigenvalue weighted by molar-refractivity contribution is 0.0884. The Balaban J connectivity index is 2.05. The summed E-state index contributed by atoms with van der Waals surface area (Å²) in [6.45, 7) is 0. The second-order valence-electron chi connectivity index (χ2n) is 3.90. The van der Waals surface area contributed by atoms with Crippen molar-refractivity contribution in [2.24, 2.45) is 5.92 Å². The Kier molecular flexibility index (Phi) is 3.36. The van der Waals surface area contributed by atoms with E-state index in [0.717, 1.165) is 12.8 Å². The van der Waals surface area contributed by atoms with Gasteiger partial charge in [-0.15, -0.1) is 0 Å². The van der Waals surface area contributed by atoms with Crippen molar-refractivity contribution < 1.29 is 9.53 Å². The van der Waals surface area contributed by atoms with Gasteiger partial charge in [-0.3, -0.25) is 4.79 Å². The van der Waals surface area contributed by atoms with Crippen molar-refractivity contribution in [2.45, 2.75) is 32.1 Å². The first-order valence-corrected chi connectivity index (χ1v) is 6.23. The van der Waals surface area contributed by atoms with Gasteiger partial charge in [0.25, 0.3) is 5.19 Å². The molecule has 0 unspecified atom stereocenters. The van der Waals surface area contributed by atoms with Gasteiger partial charge in [0.05, 0.1) is 7.11 Å². The molecule has 1 heterocycles. The number of hydrogen-bond acceptors (Lipinski definition) is 4. The van der Waals surface area contributed by atoms with Crippen LogP contribution in [0.15, 0.2) is 5.38 Å². The number of carbonyl (C=O) groups excluding carboxylic acids is 1. The number of ether oxygens (including phenoxy) is 1. The first-order chi connectivity index (χ1) is 7.31. The van der Waals surface area contributed by atoms with Crippen LogP contribution in [-0.4, -0.2) is 17.9 Å². The molecule has 0 aliphatic heterocycles. The standard InChI is InChI=1S/C11H15NO2S/c1-14-11-12-9(7-15-11)10(13)8-5-3-2-4-6-8/h7-8H,2-6H2,1H3. The minimum atomic E-state index is 0.200. The molecule has 0 bridgehead atoms. The quantitative estimate of drug-likeness (QED) is 0.742. The predicted molar refractivity (Wildman–Crippen MR) is 59.6 cm³/mol. The summed E-state index contributed by atoms with van der Waals surface area (Å²) >= 11 is 1.39. The Hall–Kier alpha value is -0.900. The maximum absolute atomic E-state index is 12.0. The van der Waals surface area contributed by atoms with Crippen LogP contribution in [0, 0.1) is 5.92 Å². The molecule has 1 aliphatic rings. The summed E-state index contributed by atoms with van der Waals surface area (Å²) in [7, 11) is 1.58. The number of Topliss-reactive ketones (excluding diaryl/α,β-unsaturated/α-hetero) is 1. The van der Waals surface area contributed by atoms with E-state index in [1.54, 1.807) is 12.5 Å². The Labute approximate surface area is 93.5 Å². The highest BCUT2D eigenvalue weighted by atomic mass is 32.1. The highest BCUT2D eigenvalue weighted by molar-refractivity contribution is 7.11. The third-order valence-corrected chi connectivity index (χ3v) is 3.69. The van der Waals surface area contributed by atoms with E-state index in [1.807, 2.05) is 0 Å². The third kappa shape index (κ3) is 2.37. The second kappa shape index (κ2) is 4.75. The number of thiazole rings is 1. The summed E-state index contributed by atoms with van der Waals surface area (Å²) in [6, 6.07) is 0. The average Bonchev–Trinajstić information content (AvgIpc) is 2.78. The molecule has 3 nitrogen and oxygen atoms in total. The van der Waals surface area contributed by atoms with E-state index in [1.165, 1.54) is 30.6 Å². The Bertz CT molecular complexity index is 342. The molecule has 0 amide bonds. The first kappa shape index (κ1) is 10.6. The number of carbonyl (C=O) groups is 1. The van der Waals surface area contributed by atoms with Crippen LogP contribution >= 0.6 is 11.3 Å². The zero-order valence-corrected chi connectivity index (χ0v) is 9.68. The number of hydrogen-bond donors (Lipinski definition) is 0. The van der Waals surface area contributed by atoms with E-state index in [4.69, 9.17) is 4.74 Å². The molecular weight excluding hydrogens is 210 g/mol. The normalized spacial score (nSPS) is 17.7. The highest BCUT2D eigenvalue weighted by Gasteiger charge is 2.24. The van der Waals surface area contributed by atoms with Gasteiger partial charge in [-0.25, -0.2) is 0 Å². The van der Waals surface area contributed by atoms with Gasteiger partial charge in [-0.05, 0) is 12.8 Å². The molecule has 82 valence electrons. The summed E-state index contributed by atoms with van der Waals surface area (Å²) in [6.07, 6.45) is 5.68. The lowest BCUT2D eigenvalue weighted by Gasteiger charge is -2.18. The van der Waals surface area contributed by atoms with Crippen molar-refractivity contribution in [3.8, 4) is 5.19 Å². The molecular formula is C11H15NO2S. The van der Waals surface area contributed by atoms with Crippen LogP contribution in [-0.2, 0) is 0 Å². The predicted octanol–water partition coefficient (Wildman–Crippen LogP) is 2.91. The molecule has 4 heteroatoms. The molecule has 0 atom stereocenters. The topological polar surface area (TPSA) is 39.2 Å². The fraction of sp³-hybridized carbons (Fsp3) is 0.636. The van der Waals surface area contributed by atoms with E-state index in [9.17, 15) is 4.79 Å². The Morgan fingerprint density at radius 1 is 1.47 bits per heavy atom. The van der Waals surface area contributed by atoms with E-state index in [2.05, 4.69) is 4.98 Å². The largest absolute Gasteiger partial charge is 0.473 e. The van der Waals surface area contributed by atoms with Gasteiger partial charge in [0.15, 0.2) is 5.78 Å². The van der Waals surface area contributed by atoms with Gasteiger partial charge in [-0.2, -0.15) is 4.98 Å². The number of methoxy groups -OCH3 is 1. The molecule has 1 fully saturated rings. The molecule has 0 aromatic carbocycles. The number of rotatable bonds is 3. The van der Waals surface area contributed by atoms with Crippen molar-refractivity contribution >= 4 is 17.1 Å². The smallest absolute Gasteiger partial charge is 0.273 e. The lowest BCUT2D eigenvalue weighted by atomic mass is 9.85. The van der Waals surface area contributed by atoms with Gasteiger partial charge in [0, 0.05) is 11.3 Å². The monoisotopic (exact) mass is 225 g/mol. The molecule has 1 aromatic heterocycles. The molecule has 0 N–H and O–H groups in total. The zero-order chi connectivity index (χ0) is 10.7. The zero-order valence-electron chi connectivity index (χ0n) is 8.86. The van der Waals surface area contributed by atoms with Gasteiger partial charge >= 0.3 is 0 Å². The molecule has 2 rings (SSSR count). The fourth-order valence-electron chi connectivity index (χ4n) is 2.04. The van der Waals surface area contributed by atoms with Crippen LogP contribution in [0.3, 0.4) is 0 Å². The number of ketones is 1. The molecule has 15 heavy (non-hydrogen) atoms. The summed E-state index contributed by atoms with van der Waals surface area (Å²) in [5, 5.41) is 2.38. The van der Waals surface area contributed by atoms with Crippen LogP contribution in [0.4, 0.5) is 0 Å². The Morgan fingerprint density at radius 3 is 2.80 bits per heavy atom. The molecule has 0 radical (unpaired) electrons. The summed E-state index contributed by atoms with van der Waals surface area (Å²) in [5.41, 5.74) is 0.587. The van der Waals surface area contributed by atoms with Gasteiger partial charge in [-0.1, -0.05) is 30.6 Å². The van der Waals surface area contributed by atoms with Crippen molar-refractivity contribution in [1.82, 2.24) is 4.98 Å². The maximum Gasteiger partial charge on any atom is 0.273 e. The van der Waals surface area contributed by atoms with Gasteiger partial charge in [0.2, 0.25) is 0 Å². The third-order valence-electron chi connectivity index (χ3n) is 2.89. The van der Waals surface area contributed by atoms with Crippen LogP contribution in [0.25, 0.3) is 0 Å². The van der Waals surface area contributed by atoms with E-state index >= 15 is 0 Å². The molecule has 1 saturated carbocycles. The second-order valence-corrected chi connectivity index (χ2v) is 4.72. The van der Waals surface area contributed by atoms with Crippen molar-refractivity contribution in [1.29, 1.82) is 0 Å².